The maximum atomic E-state index is 13.2. The van der Waals surface area contributed by atoms with Crippen molar-refractivity contribution in [3.63, 3.8) is 0 Å². The molecule has 0 fully saturated rings. The number of carbonyl (C=O) groups is 1. The molecule has 6 nitrogen and oxygen atoms in total. The van der Waals surface area contributed by atoms with Gasteiger partial charge in [0.1, 0.15) is 5.82 Å². The molecule has 0 aliphatic rings. The molecule has 1 N–H and O–H groups in total. The van der Waals surface area contributed by atoms with Gasteiger partial charge in [0.25, 0.3) is 5.91 Å². The molecule has 4 aromatic rings. The van der Waals surface area contributed by atoms with Crippen LogP contribution in [0.1, 0.15) is 26.5 Å². The van der Waals surface area contributed by atoms with Gasteiger partial charge in [-0.05, 0) is 40.8 Å². The highest BCUT2D eigenvalue weighted by Gasteiger charge is 2.33. The summed E-state index contributed by atoms with van der Waals surface area (Å²) in [6.07, 6.45) is -0.194. The van der Waals surface area contributed by atoms with E-state index in [4.69, 9.17) is 11.6 Å². The van der Waals surface area contributed by atoms with Crippen molar-refractivity contribution in [2.24, 2.45) is 0 Å². The second-order valence-electron chi connectivity index (χ2n) is 6.83. The summed E-state index contributed by atoms with van der Waals surface area (Å²) in [4.78, 5) is 12.9. The fourth-order valence-corrected chi connectivity index (χ4v) is 3.92. The molecule has 3 aromatic heterocycles. The van der Waals surface area contributed by atoms with Gasteiger partial charge in [-0.15, -0.1) is 11.3 Å². The topological polar surface area (TPSA) is 64.7 Å². The van der Waals surface area contributed by atoms with Gasteiger partial charge in [0.15, 0.2) is 5.69 Å². The zero-order valence-electron chi connectivity index (χ0n) is 16.1. The number of amides is 1. The molecule has 1 amide bonds. The van der Waals surface area contributed by atoms with Crippen LogP contribution in [0.5, 0.6) is 0 Å². The lowest BCUT2D eigenvalue weighted by Crippen LogP contribution is -2.10. The molecule has 0 aliphatic carbocycles. The fraction of sp³-hybridized carbons (Fsp3) is 0.150. The summed E-state index contributed by atoms with van der Waals surface area (Å²) in [5.74, 6) is -0.812. The monoisotopic (exact) mass is 483 g/mol. The highest BCUT2D eigenvalue weighted by molar-refractivity contribution is 7.12. The lowest BCUT2D eigenvalue weighted by atomic mass is 10.2. The van der Waals surface area contributed by atoms with Crippen LogP contribution >= 0.6 is 22.9 Å². The Morgan fingerprint density at radius 1 is 1.16 bits per heavy atom. The Labute approximate surface area is 188 Å². The SMILES string of the molecule is O=C(Nc1cnn(Cc2ccc(F)cc2Cl)c1)c1cc(Cn2ccc(C(F)(F)F)n2)cs1. The normalized spacial score (nSPS) is 11.7. The van der Waals surface area contributed by atoms with Crippen LogP contribution in [0.15, 0.2) is 54.3 Å². The first kappa shape index (κ1) is 22.0. The molecule has 3 heterocycles. The number of nitrogens with zero attached hydrogens (tertiary/aromatic N) is 4. The second-order valence-corrected chi connectivity index (χ2v) is 8.15. The first-order chi connectivity index (χ1) is 15.2. The first-order valence-electron chi connectivity index (χ1n) is 9.13. The zero-order chi connectivity index (χ0) is 22.9. The van der Waals surface area contributed by atoms with Crippen LogP contribution in [-0.2, 0) is 19.3 Å². The van der Waals surface area contributed by atoms with Crippen LogP contribution in [0.25, 0.3) is 0 Å². The van der Waals surface area contributed by atoms with Gasteiger partial charge in [0.2, 0.25) is 0 Å². The van der Waals surface area contributed by atoms with Gasteiger partial charge in [-0.3, -0.25) is 14.2 Å². The van der Waals surface area contributed by atoms with Gasteiger partial charge >= 0.3 is 6.18 Å². The molecular formula is C20H14ClF4N5OS. The summed E-state index contributed by atoms with van der Waals surface area (Å²) < 4.78 is 53.9. The second kappa shape index (κ2) is 8.75. The van der Waals surface area contributed by atoms with E-state index in [1.807, 2.05) is 0 Å². The van der Waals surface area contributed by atoms with Crippen LogP contribution in [0.3, 0.4) is 0 Å². The van der Waals surface area contributed by atoms with Crippen molar-refractivity contribution >= 4 is 34.5 Å². The summed E-state index contributed by atoms with van der Waals surface area (Å²) in [7, 11) is 0. The number of rotatable bonds is 6. The van der Waals surface area contributed by atoms with Crippen LogP contribution in [0, 0.1) is 5.82 Å². The molecule has 4 rings (SSSR count). The van der Waals surface area contributed by atoms with Crippen LogP contribution in [0.4, 0.5) is 23.2 Å². The molecule has 32 heavy (non-hydrogen) atoms. The largest absolute Gasteiger partial charge is 0.435 e. The first-order valence-corrected chi connectivity index (χ1v) is 10.4. The highest BCUT2D eigenvalue weighted by atomic mass is 35.5. The lowest BCUT2D eigenvalue weighted by molar-refractivity contribution is -0.141. The number of thiophene rings is 1. The predicted octanol–water partition coefficient (Wildman–Crippen LogP) is 5.30. The summed E-state index contributed by atoms with van der Waals surface area (Å²) in [6.45, 7) is 0.401. The maximum absolute atomic E-state index is 13.2. The van der Waals surface area contributed by atoms with Crippen molar-refractivity contribution in [2.45, 2.75) is 19.3 Å². The minimum atomic E-state index is -4.50. The van der Waals surface area contributed by atoms with Crippen LogP contribution in [0.2, 0.25) is 5.02 Å². The molecule has 0 atom stereocenters. The summed E-state index contributed by atoms with van der Waals surface area (Å²) in [6, 6.07) is 6.57. The van der Waals surface area contributed by atoms with Gasteiger partial charge in [0, 0.05) is 17.4 Å². The third-order valence-electron chi connectivity index (χ3n) is 4.39. The number of benzene rings is 1. The molecule has 0 aliphatic heterocycles. The molecule has 0 spiro atoms. The molecule has 12 heteroatoms. The maximum Gasteiger partial charge on any atom is 0.435 e. The smallest absolute Gasteiger partial charge is 0.319 e. The van der Waals surface area contributed by atoms with E-state index in [1.54, 1.807) is 28.4 Å². The Kier molecular flexibility index (Phi) is 6.02. The third-order valence-corrected chi connectivity index (χ3v) is 5.72. The summed E-state index contributed by atoms with van der Waals surface area (Å²) in [5.41, 5.74) is 0.803. The number of anilines is 1. The van der Waals surface area contributed by atoms with Crippen molar-refractivity contribution in [3.05, 3.63) is 86.8 Å². The molecule has 0 unspecified atom stereocenters. The minimum absolute atomic E-state index is 0.107. The minimum Gasteiger partial charge on any atom is -0.319 e. The molecule has 0 radical (unpaired) electrons. The standard InChI is InChI=1S/C20H14ClF4N5OS/c21-16-6-14(22)2-1-13(16)9-30-10-15(7-26-30)27-19(31)17-5-12(11-32-17)8-29-4-3-18(28-29)20(23,24)25/h1-7,10-11H,8-9H2,(H,27,31). The van der Waals surface area contributed by atoms with Crippen molar-refractivity contribution in [3.8, 4) is 0 Å². The number of hydrogen-bond acceptors (Lipinski definition) is 4. The number of nitrogens with one attached hydrogen (secondary N) is 1. The predicted molar refractivity (Wildman–Crippen MR) is 111 cm³/mol. The van der Waals surface area contributed by atoms with Crippen LogP contribution < -0.4 is 5.32 Å². The lowest BCUT2D eigenvalue weighted by Gasteiger charge is -2.04. The number of halogens is 5. The Hall–Kier alpha value is -3.18. The van der Waals surface area contributed by atoms with E-state index in [0.717, 1.165) is 10.7 Å². The van der Waals surface area contributed by atoms with Gasteiger partial charge in [-0.2, -0.15) is 23.4 Å². The molecule has 0 bridgehead atoms. The Bertz CT molecular complexity index is 1260. The third kappa shape index (κ3) is 5.17. The van der Waals surface area contributed by atoms with E-state index < -0.39 is 17.7 Å². The van der Waals surface area contributed by atoms with Gasteiger partial charge in [0.05, 0.1) is 29.9 Å². The summed E-state index contributed by atoms with van der Waals surface area (Å²) >= 11 is 7.19. The van der Waals surface area contributed by atoms with E-state index >= 15 is 0 Å². The van der Waals surface area contributed by atoms with Crippen molar-refractivity contribution in [1.29, 1.82) is 0 Å². The number of hydrogen-bond donors (Lipinski definition) is 1. The van der Waals surface area contributed by atoms with E-state index in [-0.39, 0.29) is 17.5 Å². The van der Waals surface area contributed by atoms with E-state index in [2.05, 4.69) is 15.5 Å². The average molecular weight is 484 g/mol. The van der Waals surface area contributed by atoms with Gasteiger partial charge < -0.3 is 5.32 Å². The zero-order valence-corrected chi connectivity index (χ0v) is 17.7. The number of alkyl halides is 3. The van der Waals surface area contributed by atoms with E-state index in [1.165, 1.54) is 35.9 Å². The molecule has 0 saturated heterocycles. The van der Waals surface area contributed by atoms with Gasteiger partial charge in [-0.25, -0.2) is 4.39 Å². The summed E-state index contributed by atoms with van der Waals surface area (Å²) in [5, 5.41) is 12.3. The van der Waals surface area contributed by atoms with Crippen molar-refractivity contribution in [1.82, 2.24) is 19.6 Å². The van der Waals surface area contributed by atoms with Gasteiger partial charge in [-0.1, -0.05) is 17.7 Å². The molecule has 1 aromatic carbocycles. The Balaban J connectivity index is 1.38. The Morgan fingerprint density at radius 3 is 2.69 bits per heavy atom. The molecule has 0 saturated carbocycles. The van der Waals surface area contributed by atoms with Crippen molar-refractivity contribution in [2.75, 3.05) is 5.32 Å². The Morgan fingerprint density at radius 2 is 1.97 bits per heavy atom. The number of carbonyl (C=O) groups excluding carboxylic acids is 1. The fourth-order valence-electron chi connectivity index (χ4n) is 2.90. The van der Waals surface area contributed by atoms with E-state index in [9.17, 15) is 22.4 Å². The van der Waals surface area contributed by atoms with Crippen molar-refractivity contribution < 1.29 is 22.4 Å². The highest BCUT2D eigenvalue weighted by Crippen LogP contribution is 2.27. The molecular weight excluding hydrogens is 470 g/mol. The quantitative estimate of drug-likeness (QED) is 0.378. The average Bonchev–Trinajstić information content (AvgIpc) is 3.45. The molecule has 166 valence electrons. The van der Waals surface area contributed by atoms with Crippen LogP contribution in [-0.4, -0.2) is 25.5 Å². The van der Waals surface area contributed by atoms with E-state index in [0.29, 0.717) is 28.2 Å². The number of aromatic nitrogens is 4.